The maximum atomic E-state index is 5.96. The van der Waals surface area contributed by atoms with Crippen LogP contribution in [0.15, 0.2) is 18.2 Å². The Labute approximate surface area is 110 Å². The third kappa shape index (κ3) is 3.23. The van der Waals surface area contributed by atoms with E-state index < -0.39 is 0 Å². The first-order valence-electron chi connectivity index (χ1n) is 6.60. The third-order valence-corrected chi connectivity index (χ3v) is 4.03. The van der Waals surface area contributed by atoms with Gasteiger partial charge in [-0.3, -0.25) is 0 Å². The van der Waals surface area contributed by atoms with Gasteiger partial charge in [0.15, 0.2) is 0 Å². The van der Waals surface area contributed by atoms with E-state index in [1.54, 1.807) is 11.1 Å². The van der Waals surface area contributed by atoms with E-state index in [1.807, 2.05) is 0 Å². The molecule has 0 amide bonds. The molecule has 1 atom stereocenters. The monoisotopic (exact) mass is 251 g/mol. The van der Waals surface area contributed by atoms with Gasteiger partial charge < -0.3 is 5.32 Å². The van der Waals surface area contributed by atoms with Crippen molar-refractivity contribution in [2.75, 3.05) is 5.88 Å². The van der Waals surface area contributed by atoms with E-state index in [-0.39, 0.29) is 0 Å². The lowest BCUT2D eigenvalue weighted by Gasteiger charge is -2.20. The molecule has 0 aromatic heterocycles. The van der Waals surface area contributed by atoms with E-state index in [1.165, 1.54) is 24.8 Å². The van der Waals surface area contributed by atoms with E-state index in [2.05, 4.69) is 37.4 Å². The van der Waals surface area contributed by atoms with Crippen LogP contribution in [0, 0.1) is 5.92 Å². The van der Waals surface area contributed by atoms with Gasteiger partial charge in [0.25, 0.3) is 0 Å². The van der Waals surface area contributed by atoms with Gasteiger partial charge >= 0.3 is 0 Å². The van der Waals surface area contributed by atoms with Crippen LogP contribution in [0.25, 0.3) is 0 Å². The summed E-state index contributed by atoms with van der Waals surface area (Å²) in [6.45, 7) is 5.36. The summed E-state index contributed by atoms with van der Waals surface area (Å²) in [5.74, 6) is 1.27. The van der Waals surface area contributed by atoms with E-state index in [0.29, 0.717) is 17.8 Å². The number of fused-ring (bicyclic) bond motifs is 1. The van der Waals surface area contributed by atoms with Crippen molar-refractivity contribution in [2.24, 2.45) is 5.92 Å². The smallest absolute Gasteiger partial charge is 0.0380 e. The van der Waals surface area contributed by atoms with Gasteiger partial charge in [-0.2, -0.15) is 0 Å². The van der Waals surface area contributed by atoms with Gasteiger partial charge in [-0.25, -0.2) is 0 Å². The zero-order valence-corrected chi connectivity index (χ0v) is 11.6. The van der Waals surface area contributed by atoms with Crippen molar-refractivity contribution >= 4 is 11.6 Å². The summed E-state index contributed by atoms with van der Waals surface area (Å²) < 4.78 is 0. The molecular weight excluding hydrogens is 230 g/mol. The van der Waals surface area contributed by atoms with Crippen LogP contribution in [-0.2, 0) is 19.4 Å². The first-order valence-corrected chi connectivity index (χ1v) is 7.14. The highest BCUT2D eigenvalue weighted by molar-refractivity contribution is 6.18. The van der Waals surface area contributed by atoms with E-state index in [9.17, 15) is 0 Å². The van der Waals surface area contributed by atoms with Crippen molar-refractivity contribution in [3.05, 3.63) is 34.9 Å². The van der Waals surface area contributed by atoms with Crippen LogP contribution in [0.4, 0.5) is 0 Å². The number of nitrogens with one attached hydrogen (secondary N) is 1. The Kier molecular flexibility index (Phi) is 4.47. The molecule has 1 aromatic carbocycles. The first kappa shape index (κ1) is 12.9. The summed E-state index contributed by atoms with van der Waals surface area (Å²) in [5.41, 5.74) is 4.49. The summed E-state index contributed by atoms with van der Waals surface area (Å²) in [6, 6.07) is 7.32. The van der Waals surface area contributed by atoms with E-state index >= 15 is 0 Å². The highest BCUT2D eigenvalue weighted by atomic mass is 35.5. The van der Waals surface area contributed by atoms with Crippen molar-refractivity contribution in [1.29, 1.82) is 0 Å². The minimum atomic E-state index is 0.407. The maximum Gasteiger partial charge on any atom is 0.0380 e. The van der Waals surface area contributed by atoms with Gasteiger partial charge in [-0.15, -0.1) is 11.6 Å². The predicted octanol–water partition coefficient (Wildman–Crippen LogP) is 3.53. The molecule has 1 nitrogen and oxygen atoms in total. The summed E-state index contributed by atoms with van der Waals surface area (Å²) in [6.07, 6.45) is 3.84. The molecule has 0 spiro atoms. The normalized spacial score (nSPS) is 16.2. The lowest BCUT2D eigenvalue weighted by atomic mass is 10.0. The molecule has 1 aromatic rings. The summed E-state index contributed by atoms with van der Waals surface area (Å²) in [7, 11) is 0. The standard InChI is InChI=1S/C15H22ClN/c1-11(2)15(9-16)17-10-12-6-7-13-4-3-5-14(13)8-12/h6-8,11,15,17H,3-5,9-10H2,1-2H3. The SMILES string of the molecule is CC(C)C(CCl)NCc1ccc2c(c1)CCC2. The Bertz CT molecular complexity index is 373. The van der Waals surface area contributed by atoms with Crippen LogP contribution in [0.2, 0.25) is 0 Å². The Morgan fingerprint density at radius 1 is 1.24 bits per heavy atom. The van der Waals surface area contributed by atoms with Gasteiger partial charge in [0.2, 0.25) is 0 Å². The van der Waals surface area contributed by atoms with Crippen LogP contribution < -0.4 is 5.32 Å². The Morgan fingerprint density at radius 3 is 2.71 bits per heavy atom. The first-order chi connectivity index (χ1) is 8.20. The van der Waals surface area contributed by atoms with Crippen LogP contribution in [0.1, 0.15) is 37.0 Å². The summed E-state index contributed by atoms with van der Waals surface area (Å²) in [5, 5.41) is 3.54. The zero-order chi connectivity index (χ0) is 12.3. The van der Waals surface area contributed by atoms with Gasteiger partial charge in [0.05, 0.1) is 0 Å². The molecule has 1 aliphatic rings. The number of aryl methyl sites for hydroxylation is 2. The number of benzene rings is 1. The molecule has 17 heavy (non-hydrogen) atoms. The Hall–Kier alpha value is -0.530. The predicted molar refractivity (Wildman–Crippen MR) is 74.7 cm³/mol. The number of halogens is 1. The Balaban J connectivity index is 1.95. The number of hydrogen-bond acceptors (Lipinski definition) is 1. The van der Waals surface area contributed by atoms with E-state index in [0.717, 1.165) is 6.54 Å². The largest absolute Gasteiger partial charge is 0.308 e. The van der Waals surface area contributed by atoms with Crippen molar-refractivity contribution in [3.63, 3.8) is 0 Å². The fourth-order valence-corrected chi connectivity index (χ4v) is 2.92. The van der Waals surface area contributed by atoms with Gasteiger partial charge in [-0.1, -0.05) is 32.0 Å². The highest BCUT2D eigenvalue weighted by Gasteiger charge is 2.13. The van der Waals surface area contributed by atoms with Crippen molar-refractivity contribution in [3.8, 4) is 0 Å². The molecule has 0 saturated heterocycles. The summed E-state index contributed by atoms with van der Waals surface area (Å²) in [4.78, 5) is 0. The molecule has 2 heteroatoms. The van der Waals surface area contributed by atoms with Gasteiger partial charge in [0.1, 0.15) is 0 Å². The molecule has 2 rings (SSSR count). The molecule has 0 aliphatic heterocycles. The summed E-state index contributed by atoms with van der Waals surface area (Å²) >= 11 is 5.96. The second-order valence-corrected chi connectivity index (χ2v) is 5.65. The molecule has 0 heterocycles. The lowest BCUT2D eigenvalue weighted by molar-refractivity contribution is 0.430. The zero-order valence-electron chi connectivity index (χ0n) is 10.8. The Morgan fingerprint density at radius 2 is 2.00 bits per heavy atom. The fourth-order valence-electron chi connectivity index (χ4n) is 2.45. The van der Waals surface area contributed by atoms with Crippen LogP contribution >= 0.6 is 11.6 Å². The molecular formula is C15H22ClN. The number of rotatable bonds is 5. The van der Waals surface area contributed by atoms with Crippen LogP contribution in [0.5, 0.6) is 0 Å². The second-order valence-electron chi connectivity index (χ2n) is 5.34. The van der Waals surface area contributed by atoms with Gasteiger partial charge in [0, 0.05) is 18.5 Å². The average Bonchev–Trinajstić information content (AvgIpc) is 2.76. The number of hydrogen-bond donors (Lipinski definition) is 1. The molecule has 1 unspecified atom stereocenters. The molecule has 0 fully saturated rings. The minimum absolute atomic E-state index is 0.407. The van der Waals surface area contributed by atoms with Crippen LogP contribution in [0.3, 0.4) is 0 Å². The average molecular weight is 252 g/mol. The third-order valence-electron chi connectivity index (χ3n) is 3.70. The van der Waals surface area contributed by atoms with Crippen molar-refractivity contribution in [2.45, 2.75) is 45.7 Å². The van der Waals surface area contributed by atoms with Crippen molar-refractivity contribution < 1.29 is 0 Å². The second kappa shape index (κ2) is 5.88. The molecule has 0 radical (unpaired) electrons. The van der Waals surface area contributed by atoms with Crippen LogP contribution in [-0.4, -0.2) is 11.9 Å². The van der Waals surface area contributed by atoms with Crippen molar-refractivity contribution in [1.82, 2.24) is 5.32 Å². The van der Waals surface area contributed by atoms with E-state index in [4.69, 9.17) is 11.6 Å². The maximum absolute atomic E-state index is 5.96. The van der Waals surface area contributed by atoms with Gasteiger partial charge in [-0.05, 0) is 41.9 Å². The minimum Gasteiger partial charge on any atom is -0.308 e. The number of alkyl halides is 1. The molecule has 1 aliphatic carbocycles. The highest BCUT2D eigenvalue weighted by Crippen LogP contribution is 2.22. The quantitative estimate of drug-likeness (QED) is 0.790. The fraction of sp³-hybridized carbons (Fsp3) is 0.600. The molecule has 1 N–H and O–H groups in total. The molecule has 0 bridgehead atoms. The molecule has 94 valence electrons. The topological polar surface area (TPSA) is 12.0 Å². The molecule has 0 saturated carbocycles. The lowest BCUT2D eigenvalue weighted by Crippen LogP contribution is -2.34.